The molecule has 1 aliphatic rings. The number of likely N-dealkylation sites (tertiary alicyclic amines) is 1. The third kappa shape index (κ3) is 8.52. The molecule has 1 aromatic carbocycles. The van der Waals surface area contributed by atoms with E-state index < -0.39 is 19.3 Å². The Hall–Kier alpha value is -1.08. The van der Waals surface area contributed by atoms with E-state index in [1.165, 1.54) is 30.1 Å². The number of hydrogen-bond donors (Lipinski definition) is 2. The lowest BCUT2D eigenvalue weighted by Gasteiger charge is -2.20. The van der Waals surface area contributed by atoms with E-state index in [1.807, 2.05) is 0 Å². The van der Waals surface area contributed by atoms with E-state index in [0.717, 1.165) is 0 Å². The molecular formula is C16H21ClF5IN4O. The fourth-order valence-electron chi connectivity index (χ4n) is 2.81. The maximum atomic E-state index is 12.5. The topological polar surface area (TPSA) is 48.9 Å². The third-order valence-corrected chi connectivity index (χ3v) is 4.16. The van der Waals surface area contributed by atoms with E-state index in [-0.39, 0.29) is 48.9 Å². The van der Waals surface area contributed by atoms with Crippen molar-refractivity contribution >= 4 is 41.5 Å². The molecule has 0 saturated carbocycles. The van der Waals surface area contributed by atoms with Gasteiger partial charge in [-0.1, -0.05) is 11.6 Å². The fourth-order valence-corrected chi connectivity index (χ4v) is 3.01. The van der Waals surface area contributed by atoms with Crippen LogP contribution in [0.25, 0.3) is 0 Å². The molecule has 1 atom stereocenters. The molecule has 1 fully saturated rings. The van der Waals surface area contributed by atoms with Gasteiger partial charge in [-0.25, -0.2) is 0 Å². The standard InChI is InChI=1S/C16H20ClF5N4O.HI/c1-23-15(25-12-4-5-26(8-12)9-16(20,21)22)24-7-10-6-11(17)2-3-13(10)27-14(18)19;/h2-3,6,12,14H,4-5,7-9H2,1H3,(H2,23,24,25);1H. The zero-order valence-corrected chi connectivity index (χ0v) is 18.0. The molecule has 12 heteroatoms. The number of alkyl halides is 5. The van der Waals surface area contributed by atoms with Gasteiger partial charge in [0.1, 0.15) is 5.75 Å². The molecule has 1 saturated heterocycles. The van der Waals surface area contributed by atoms with Gasteiger partial charge in [0.25, 0.3) is 0 Å². The van der Waals surface area contributed by atoms with Crippen molar-refractivity contribution in [2.24, 2.45) is 4.99 Å². The highest BCUT2D eigenvalue weighted by molar-refractivity contribution is 14.0. The minimum Gasteiger partial charge on any atom is -0.434 e. The van der Waals surface area contributed by atoms with E-state index in [9.17, 15) is 22.0 Å². The van der Waals surface area contributed by atoms with Gasteiger partial charge in [0.15, 0.2) is 5.96 Å². The lowest BCUT2D eigenvalue weighted by Crippen LogP contribution is -2.45. The molecule has 1 aliphatic heterocycles. The Labute approximate surface area is 181 Å². The summed E-state index contributed by atoms with van der Waals surface area (Å²) in [6.07, 6.45) is -3.70. The number of halogens is 7. The summed E-state index contributed by atoms with van der Waals surface area (Å²) in [4.78, 5) is 5.33. The van der Waals surface area contributed by atoms with Crippen LogP contribution in [-0.2, 0) is 6.54 Å². The van der Waals surface area contributed by atoms with Crippen LogP contribution in [-0.4, -0.2) is 56.4 Å². The van der Waals surface area contributed by atoms with Gasteiger partial charge in [0.05, 0.1) is 6.54 Å². The molecule has 0 spiro atoms. The molecule has 1 heterocycles. The van der Waals surface area contributed by atoms with Crippen molar-refractivity contribution in [2.45, 2.75) is 31.8 Å². The SMILES string of the molecule is CN=C(NCc1cc(Cl)ccc1OC(F)F)NC1CCN(CC(F)(F)F)C1.I. The highest BCUT2D eigenvalue weighted by atomic mass is 127. The molecule has 160 valence electrons. The molecule has 0 amide bonds. The van der Waals surface area contributed by atoms with Gasteiger partial charge in [0, 0.05) is 43.3 Å². The Morgan fingerprint density at radius 3 is 2.71 bits per heavy atom. The van der Waals surface area contributed by atoms with Gasteiger partial charge in [-0.3, -0.25) is 9.89 Å². The first-order valence-electron chi connectivity index (χ1n) is 8.16. The van der Waals surface area contributed by atoms with Crippen molar-refractivity contribution in [2.75, 3.05) is 26.7 Å². The highest BCUT2D eigenvalue weighted by Gasteiger charge is 2.34. The summed E-state index contributed by atoms with van der Waals surface area (Å²) in [5.74, 6) is 0.325. The van der Waals surface area contributed by atoms with Crippen LogP contribution in [0.2, 0.25) is 5.02 Å². The van der Waals surface area contributed by atoms with Crippen LogP contribution in [0.5, 0.6) is 5.75 Å². The number of nitrogens with zero attached hydrogens (tertiary/aromatic N) is 2. The van der Waals surface area contributed by atoms with Crippen molar-refractivity contribution in [3.63, 3.8) is 0 Å². The second kappa shape index (κ2) is 11.2. The number of nitrogens with one attached hydrogen (secondary N) is 2. The van der Waals surface area contributed by atoms with Crippen LogP contribution in [0.4, 0.5) is 22.0 Å². The van der Waals surface area contributed by atoms with Crippen LogP contribution in [0, 0.1) is 0 Å². The van der Waals surface area contributed by atoms with Gasteiger partial charge in [-0.05, 0) is 24.6 Å². The molecule has 1 unspecified atom stereocenters. The number of guanidine groups is 1. The average Bonchev–Trinajstić information content (AvgIpc) is 2.98. The number of ether oxygens (including phenoxy) is 1. The van der Waals surface area contributed by atoms with Gasteiger partial charge in [-0.15, -0.1) is 24.0 Å². The summed E-state index contributed by atoms with van der Waals surface area (Å²) >= 11 is 5.89. The highest BCUT2D eigenvalue weighted by Crippen LogP contribution is 2.24. The maximum absolute atomic E-state index is 12.5. The Morgan fingerprint density at radius 1 is 1.39 bits per heavy atom. The smallest absolute Gasteiger partial charge is 0.401 e. The second-order valence-corrected chi connectivity index (χ2v) is 6.47. The molecule has 2 rings (SSSR count). The van der Waals surface area contributed by atoms with E-state index in [0.29, 0.717) is 29.5 Å². The van der Waals surface area contributed by atoms with Crippen molar-refractivity contribution < 1.29 is 26.7 Å². The summed E-state index contributed by atoms with van der Waals surface area (Å²) in [6.45, 7) is -3.26. The van der Waals surface area contributed by atoms with Gasteiger partial charge in [0.2, 0.25) is 0 Å². The van der Waals surface area contributed by atoms with Crippen LogP contribution in [0.1, 0.15) is 12.0 Å². The first-order valence-corrected chi connectivity index (χ1v) is 8.53. The van der Waals surface area contributed by atoms with Crippen LogP contribution in [0.15, 0.2) is 23.2 Å². The van der Waals surface area contributed by atoms with E-state index in [4.69, 9.17) is 11.6 Å². The van der Waals surface area contributed by atoms with Crippen molar-refractivity contribution in [3.8, 4) is 5.75 Å². The minimum atomic E-state index is -4.23. The molecule has 28 heavy (non-hydrogen) atoms. The monoisotopic (exact) mass is 542 g/mol. The number of hydrogen-bond acceptors (Lipinski definition) is 3. The summed E-state index contributed by atoms with van der Waals surface area (Å²) in [5.41, 5.74) is 0.399. The second-order valence-electron chi connectivity index (χ2n) is 6.04. The van der Waals surface area contributed by atoms with E-state index >= 15 is 0 Å². The van der Waals surface area contributed by atoms with Crippen LogP contribution >= 0.6 is 35.6 Å². The zero-order valence-electron chi connectivity index (χ0n) is 14.9. The molecule has 1 aromatic rings. The molecule has 0 aliphatic carbocycles. The largest absolute Gasteiger partial charge is 0.434 e. The first kappa shape index (κ1) is 25.0. The molecule has 5 nitrogen and oxygen atoms in total. The van der Waals surface area contributed by atoms with Crippen LogP contribution < -0.4 is 15.4 Å². The van der Waals surface area contributed by atoms with Gasteiger partial charge >= 0.3 is 12.8 Å². The zero-order chi connectivity index (χ0) is 20.0. The number of aliphatic imine (C=N–C) groups is 1. The summed E-state index contributed by atoms with van der Waals surface area (Å²) in [5, 5.41) is 6.32. The quantitative estimate of drug-likeness (QED) is 0.248. The van der Waals surface area contributed by atoms with Crippen molar-refractivity contribution in [1.82, 2.24) is 15.5 Å². The predicted octanol–water partition coefficient (Wildman–Crippen LogP) is 3.86. The lowest BCUT2D eigenvalue weighted by molar-refractivity contribution is -0.143. The summed E-state index contributed by atoms with van der Waals surface area (Å²) < 4.78 is 66.8. The van der Waals surface area contributed by atoms with Gasteiger partial charge < -0.3 is 15.4 Å². The van der Waals surface area contributed by atoms with Crippen molar-refractivity contribution in [3.05, 3.63) is 28.8 Å². The first-order chi connectivity index (χ1) is 12.7. The van der Waals surface area contributed by atoms with Crippen molar-refractivity contribution in [1.29, 1.82) is 0 Å². The Balaban J connectivity index is 0.00000392. The van der Waals surface area contributed by atoms with Crippen LogP contribution in [0.3, 0.4) is 0 Å². The molecule has 2 N–H and O–H groups in total. The molecule has 0 aromatic heterocycles. The predicted molar refractivity (Wildman–Crippen MR) is 108 cm³/mol. The third-order valence-electron chi connectivity index (χ3n) is 3.92. The molecular weight excluding hydrogens is 522 g/mol. The number of rotatable bonds is 6. The lowest BCUT2D eigenvalue weighted by atomic mass is 10.2. The number of benzene rings is 1. The van der Waals surface area contributed by atoms with E-state index in [1.54, 1.807) is 0 Å². The molecule has 0 bridgehead atoms. The summed E-state index contributed by atoms with van der Waals surface area (Å²) in [6, 6.07) is 4.06. The fraction of sp³-hybridized carbons (Fsp3) is 0.562. The Kier molecular flexibility index (Phi) is 9.98. The van der Waals surface area contributed by atoms with Gasteiger partial charge in [-0.2, -0.15) is 22.0 Å². The normalized spacial score (nSPS) is 18.1. The Bertz CT molecular complexity index is 662. The summed E-state index contributed by atoms with van der Waals surface area (Å²) in [7, 11) is 1.51. The maximum Gasteiger partial charge on any atom is 0.401 e. The van der Waals surface area contributed by atoms with E-state index in [2.05, 4.69) is 20.4 Å². The Morgan fingerprint density at radius 2 is 2.11 bits per heavy atom. The average molecular weight is 543 g/mol. The minimum absolute atomic E-state index is 0. The molecule has 0 radical (unpaired) electrons.